The molecule has 0 fully saturated rings. The second kappa shape index (κ2) is 2.80. The highest BCUT2D eigenvalue weighted by Crippen LogP contribution is 2.33. The van der Waals surface area contributed by atoms with Crippen molar-refractivity contribution >= 4 is 11.4 Å². The lowest BCUT2D eigenvalue weighted by molar-refractivity contribution is 0.757. The maximum absolute atomic E-state index is 3.41. The molecule has 0 spiro atoms. The maximum Gasteiger partial charge on any atom is 0.124 e. The van der Waals surface area contributed by atoms with Crippen LogP contribution in [-0.4, -0.2) is 5.66 Å². The van der Waals surface area contributed by atoms with Crippen LogP contribution >= 0.6 is 0 Å². The molecule has 0 amide bonds. The van der Waals surface area contributed by atoms with Crippen LogP contribution in [0.25, 0.3) is 0 Å². The quantitative estimate of drug-likeness (QED) is 0.640. The molecule has 0 bridgehead atoms. The van der Waals surface area contributed by atoms with Gasteiger partial charge in [0.05, 0.1) is 11.4 Å². The summed E-state index contributed by atoms with van der Waals surface area (Å²) in [7, 11) is 0. The molecule has 0 radical (unpaired) electrons. The predicted molar refractivity (Wildman–Crippen MR) is 56.9 cm³/mol. The summed E-state index contributed by atoms with van der Waals surface area (Å²) in [5.41, 5.74) is 2.21. The highest BCUT2D eigenvalue weighted by Gasteiger charge is 2.27. The average Bonchev–Trinajstić information content (AvgIpc) is 2.40. The van der Waals surface area contributed by atoms with Gasteiger partial charge in [-0.25, -0.2) is 0 Å². The van der Waals surface area contributed by atoms with Gasteiger partial charge < -0.3 is 10.6 Å². The highest BCUT2D eigenvalue weighted by atomic mass is 15.2. The minimum Gasteiger partial charge on any atom is -0.358 e. The molecule has 13 heavy (non-hydrogen) atoms. The van der Waals surface area contributed by atoms with E-state index in [2.05, 4.69) is 35.8 Å². The van der Waals surface area contributed by atoms with E-state index in [0.29, 0.717) is 0 Å². The van der Waals surface area contributed by atoms with Crippen molar-refractivity contribution in [2.24, 2.45) is 0 Å². The predicted octanol–water partition coefficient (Wildman–Crippen LogP) is 2.82. The van der Waals surface area contributed by atoms with Crippen molar-refractivity contribution < 1.29 is 0 Å². The van der Waals surface area contributed by atoms with E-state index in [-0.39, 0.29) is 5.66 Å². The normalized spacial score (nSPS) is 18.0. The second-order valence-corrected chi connectivity index (χ2v) is 3.50. The lowest BCUT2D eigenvalue weighted by Gasteiger charge is -2.21. The van der Waals surface area contributed by atoms with Crippen LogP contribution in [0, 0.1) is 0 Å². The van der Waals surface area contributed by atoms with Crippen LogP contribution in [0.5, 0.6) is 0 Å². The SMILES string of the molecule is CC=CC1(C)Nc2ccccc2N1. The van der Waals surface area contributed by atoms with Crippen molar-refractivity contribution in [1.29, 1.82) is 0 Å². The first-order chi connectivity index (χ1) is 6.23. The molecule has 68 valence electrons. The minimum absolute atomic E-state index is 0.127. The molecule has 1 aromatic rings. The smallest absolute Gasteiger partial charge is 0.124 e. The Kier molecular flexibility index (Phi) is 1.76. The summed E-state index contributed by atoms with van der Waals surface area (Å²) in [4.78, 5) is 0. The lowest BCUT2D eigenvalue weighted by atomic mass is 10.2. The molecule has 2 N–H and O–H groups in total. The first-order valence-corrected chi connectivity index (χ1v) is 4.53. The standard InChI is InChI=1S/C11H14N2/c1-3-8-11(2)12-9-6-4-5-7-10(9)13-11/h3-8,12-13H,1-2H3. The van der Waals surface area contributed by atoms with Crippen LogP contribution < -0.4 is 10.6 Å². The molecule has 1 heterocycles. The highest BCUT2D eigenvalue weighted by molar-refractivity contribution is 5.76. The summed E-state index contributed by atoms with van der Waals surface area (Å²) in [6.45, 7) is 4.14. The van der Waals surface area contributed by atoms with Crippen LogP contribution in [0.15, 0.2) is 36.4 Å². The lowest BCUT2D eigenvalue weighted by Crippen LogP contribution is -2.35. The van der Waals surface area contributed by atoms with Crippen LogP contribution in [-0.2, 0) is 0 Å². The van der Waals surface area contributed by atoms with Crippen molar-refractivity contribution in [2.45, 2.75) is 19.5 Å². The second-order valence-electron chi connectivity index (χ2n) is 3.50. The van der Waals surface area contributed by atoms with Crippen molar-refractivity contribution in [2.75, 3.05) is 10.6 Å². The van der Waals surface area contributed by atoms with Gasteiger partial charge in [-0.3, -0.25) is 0 Å². The number of fused-ring (bicyclic) bond motifs is 1. The number of allylic oxidation sites excluding steroid dienone is 1. The van der Waals surface area contributed by atoms with E-state index in [9.17, 15) is 0 Å². The van der Waals surface area contributed by atoms with E-state index in [1.54, 1.807) is 0 Å². The molecule has 2 nitrogen and oxygen atoms in total. The van der Waals surface area contributed by atoms with Gasteiger partial charge in [-0.15, -0.1) is 0 Å². The fourth-order valence-electron chi connectivity index (χ4n) is 1.71. The summed E-state index contributed by atoms with van der Waals surface area (Å²) in [6, 6.07) is 8.23. The Labute approximate surface area is 78.7 Å². The molecule has 2 rings (SSSR count). The maximum atomic E-state index is 3.41. The molecule has 0 unspecified atom stereocenters. The largest absolute Gasteiger partial charge is 0.358 e. The molecular weight excluding hydrogens is 160 g/mol. The van der Waals surface area contributed by atoms with Crippen molar-refractivity contribution in [1.82, 2.24) is 0 Å². The molecular formula is C11H14N2. The minimum atomic E-state index is -0.127. The van der Waals surface area contributed by atoms with Crippen molar-refractivity contribution in [3.8, 4) is 0 Å². The third-order valence-electron chi connectivity index (χ3n) is 2.22. The summed E-state index contributed by atoms with van der Waals surface area (Å²) >= 11 is 0. The molecule has 1 aromatic carbocycles. The fourth-order valence-corrected chi connectivity index (χ4v) is 1.71. The van der Waals surface area contributed by atoms with Gasteiger partial charge in [0.1, 0.15) is 5.66 Å². The number of nitrogens with one attached hydrogen (secondary N) is 2. The third kappa shape index (κ3) is 1.39. The Morgan fingerprint density at radius 3 is 2.15 bits per heavy atom. The monoisotopic (exact) mass is 174 g/mol. The molecule has 0 saturated carbocycles. The Morgan fingerprint density at radius 2 is 1.69 bits per heavy atom. The third-order valence-corrected chi connectivity index (χ3v) is 2.22. The van der Waals surface area contributed by atoms with Crippen molar-refractivity contribution in [3.63, 3.8) is 0 Å². The summed E-state index contributed by atoms with van der Waals surface area (Å²) in [6.07, 6.45) is 4.17. The van der Waals surface area contributed by atoms with Gasteiger partial charge in [0, 0.05) is 0 Å². The zero-order chi connectivity index (χ0) is 9.31. The number of hydrogen-bond donors (Lipinski definition) is 2. The molecule has 0 aliphatic carbocycles. The van der Waals surface area contributed by atoms with Crippen LogP contribution in [0.2, 0.25) is 0 Å². The van der Waals surface area contributed by atoms with E-state index in [4.69, 9.17) is 0 Å². The number of rotatable bonds is 1. The molecule has 0 saturated heterocycles. The number of para-hydroxylation sites is 2. The zero-order valence-electron chi connectivity index (χ0n) is 7.96. The van der Waals surface area contributed by atoms with E-state index in [1.165, 1.54) is 11.4 Å². The van der Waals surface area contributed by atoms with Gasteiger partial charge in [-0.05, 0) is 32.1 Å². The van der Waals surface area contributed by atoms with Gasteiger partial charge >= 0.3 is 0 Å². The van der Waals surface area contributed by atoms with Gasteiger partial charge in [0.25, 0.3) is 0 Å². The van der Waals surface area contributed by atoms with Gasteiger partial charge in [-0.1, -0.05) is 18.2 Å². The van der Waals surface area contributed by atoms with E-state index >= 15 is 0 Å². The summed E-state index contributed by atoms with van der Waals surface area (Å²) in [5, 5.41) is 6.83. The van der Waals surface area contributed by atoms with Crippen molar-refractivity contribution in [3.05, 3.63) is 36.4 Å². The molecule has 2 heteroatoms. The first kappa shape index (κ1) is 8.17. The number of benzene rings is 1. The summed E-state index contributed by atoms with van der Waals surface area (Å²) in [5.74, 6) is 0. The van der Waals surface area contributed by atoms with Gasteiger partial charge in [0.2, 0.25) is 0 Å². The Balaban J connectivity index is 2.31. The molecule has 0 atom stereocenters. The Bertz CT molecular complexity index is 317. The summed E-state index contributed by atoms with van der Waals surface area (Å²) < 4.78 is 0. The Hall–Kier alpha value is -1.44. The molecule has 1 aliphatic rings. The fraction of sp³-hybridized carbons (Fsp3) is 0.273. The average molecular weight is 174 g/mol. The number of hydrogen-bond acceptors (Lipinski definition) is 2. The zero-order valence-corrected chi connectivity index (χ0v) is 7.96. The van der Waals surface area contributed by atoms with Crippen LogP contribution in [0.3, 0.4) is 0 Å². The molecule has 1 aliphatic heterocycles. The van der Waals surface area contributed by atoms with E-state index < -0.39 is 0 Å². The van der Waals surface area contributed by atoms with Crippen LogP contribution in [0.1, 0.15) is 13.8 Å². The van der Waals surface area contributed by atoms with E-state index in [0.717, 1.165) is 0 Å². The topological polar surface area (TPSA) is 24.1 Å². The van der Waals surface area contributed by atoms with Gasteiger partial charge in [-0.2, -0.15) is 0 Å². The van der Waals surface area contributed by atoms with Crippen LogP contribution in [0.4, 0.5) is 11.4 Å². The Morgan fingerprint density at radius 1 is 1.15 bits per heavy atom. The number of anilines is 2. The molecule has 0 aromatic heterocycles. The first-order valence-electron chi connectivity index (χ1n) is 4.53. The van der Waals surface area contributed by atoms with Gasteiger partial charge in [0.15, 0.2) is 0 Å². The van der Waals surface area contributed by atoms with E-state index in [1.807, 2.05) is 25.1 Å².